The predicted molar refractivity (Wildman–Crippen MR) is 90.5 cm³/mol. The zero-order valence-corrected chi connectivity index (χ0v) is 13.8. The predicted octanol–water partition coefficient (Wildman–Crippen LogP) is 3.74. The Balaban J connectivity index is 1.73. The molecule has 1 amide bonds. The van der Waals surface area contributed by atoms with Crippen LogP contribution in [0.3, 0.4) is 0 Å². The minimum Gasteiger partial charge on any atom is -0.342 e. The van der Waals surface area contributed by atoms with E-state index in [1.54, 1.807) is 30.6 Å². The van der Waals surface area contributed by atoms with E-state index in [2.05, 4.69) is 20.3 Å². The van der Waals surface area contributed by atoms with E-state index in [1.807, 2.05) is 24.4 Å². The Morgan fingerprint density at radius 3 is 2.87 bits per heavy atom. The van der Waals surface area contributed by atoms with Crippen LogP contribution in [0, 0.1) is 0 Å². The highest BCUT2D eigenvalue weighted by atomic mass is 35.5. The van der Waals surface area contributed by atoms with E-state index >= 15 is 0 Å². The van der Waals surface area contributed by atoms with E-state index in [1.165, 1.54) is 11.3 Å². The van der Waals surface area contributed by atoms with Gasteiger partial charge in [0.1, 0.15) is 15.9 Å². The quantitative estimate of drug-likeness (QED) is 0.732. The highest BCUT2D eigenvalue weighted by Gasteiger charge is 2.16. The summed E-state index contributed by atoms with van der Waals surface area (Å²) in [5.41, 5.74) is 2.08. The number of halogens is 1. The van der Waals surface area contributed by atoms with E-state index in [9.17, 15) is 4.79 Å². The van der Waals surface area contributed by atoms with Gasteiger partial charge in [-0.15, -0.1) is 11.3 Å². The average Bonchev–Trinajstić information content (AvgIpc) is 3.06. The molecular weight excluding hydrogens is 332 g/mol. The molecule has 0 aromatic carbocycles. The zero-order chi connectivity index (χ0) is 16.2. The summed E-state index contributed by atoms with van der Waals surface area (Å²) in [6.45, 7) is 1.88. The number of rotatable bonds is 4. The lowest BCUT2D eigenvalue weighted by atomic mass is 10.2. The summed E-state index contributed by atoms with van der Waals surface area (Å²) in [6.07, 6.45) is 3.48. The number of hydrogen-bond acceptors (Lipinski definition) is 5. The average molecular weight is 345 g/mol. The summed E-state index contributed by atoms with van der Waals surface area (Å²) >= 11 is 7.30. The van der Waals surface area contributed by atoms with Crippen LogP contribution in [-0.2, 0) is 0 Å². The van der Waals surface area contributed by atoms with Gasteiger partial charge in [0.25, 0.3) is 5.91 Å². The summed E-state index contributed by atoms with van der Waals surface area (Å²) in [4.78, 5) is 24.8. The molecule has 0 saturated heterocycles. The number of amides is 1. The van der Waals surface area contributed by atoms with Crippen molar-refractivity contribution in [1.29, 1.82) is 0 Å². The van der Waals surface area contributed by atoms with Crippen LogP contribution in [0.25, 0.3) is 11.3 Å². The van der Waals surface area contributed by atoms with Gasteiger partial charge < -0.3 is 5.32 Å². The van der Waals surface area contributed by atoms with Crippen LogP contribution in [0.1, 0.15) is 28.5 Å². The van der Waals surface area contributed by atoms with E-state index in [0.29, 0.717) is 5.15 Å². The maximum Gasteiger partial charge on any atom is 0.270 e. The molecule has 7 heteroatoms. The molecule has 5 nitrogen and oxygen atoms in total. The van der Waals surface area contributed by atoms with Crippen molar-refractivity contribution < 1.29 is 4.79 Å². The lowest BCUT2D eigenvalue weighted by Gasteiger charge is -2.10. The second-order valence-corrected chi connectivity index (χ2v) is 6.13. The van der Waals surface area contributed by atoms with Gasteiger partial charge in [0, 0.05) is 23.3 Å². The van der Waals surface area contributed by atoms with E-state index < -0.39 is 0 Å². The topological polar surface area (TPSA) is 67.8 Å². The molecule has 0 aliphatic carbocycles. The molecule has 3 aromatic rings. The van der Waals surface area contributed by atoms with Crippen LogP contribution in [0.15, 0.2) is 48.1 Å². The Morgan fingerprint density at radius 1 is 1.26 bits per heavy atom. The fourth-order valence-corrected chi connectivity index (χ4v) is 3.00. The summed E-state index contributed by atoms with van der Waals surface area (Å²) in [5.74, 6) is -0.280. The molecule has 0 radical (unpaired) electrons. The van der Waals surface area contributed by atoms with E-state index in [4.69, 9.17) is 11.6 Å². The van der Waals surface area contributed by atoms with E-state index in [-0.39, 0.29) is 17.6 Å². The Labute approximate surface area is 142 Å². The van der Waals surface area contributed by atoms with Gasteiger partial charge in [0.15, 0.2) is 0 Å². The maximum absolute atomic E-state index is 12.2. The first-order valence-corrected chi connectivity index (χ1v) is 8.18. The van der Waals surface area contributed by atoms with Crippen LogP contribution in [-0.4, -0.2) is 20.9 Å². The fourth-order valence-electron chi connectivity index (χ4n) is 2.00. The highest BCUT2D eigenvalue weighted by molar-refractivity contribution is 7.10. The Hall–Kier alpha value is -2.31. The van der Waals surface area contributed by atoms with Gasteiger partial charge in [-0.3, -0.25) is 9.78 Å². The number of nitrogens with one attached hydrogen (secondary N) is 1. The molecule has 0 fully saturated rings. The number of carbonyl (C=O) groups excluding carboxylic acids is 1. The largest absolute Gasteiger partial charge is 0.342 e. The summed E-state index contributed by atoms with van der Waals surface area (Å²) in [5, 5.41) is 5.94. The molecule has 0 bridgehead atoms. The summed E-state index contributed by atoms with van der Waals surface area (Å²) < 4.78 is 0. The highest BCUT2D eigenvalue weighted by Crippen LogP contribution is 2.25. The third-order valence-corrected chi connectivity index (χ3v) is 4.38. The maximum atomic E-state index is 12.2. The minimum atomic E-state index is -0.280. The molecule has 3 aromatic heterocycles. The molecule has 0 spiro atoms. The van der Waals surface area contributed by atoms with Crippen LogP contribution in [0.4, 0.5) is 0 Å². The van der Waals surface area contributed by atoms with Gasteiger partial charge in [0.05, 0.1) is 11.7 Å². The van der Waals surface area contributed by atoms with Crippen LogP contribution in [0.5, 0.6) is 0 Å². The van der Waals surface area contributed by atoms with Gasteiger partial charge in [-0.05, 0) is 31.2 Å². The zero-order valence-electron chi connectivity index (χ0n) is 12.2. The van der Waals surface area contributed by atoms with Crippen LogP contribution in [0.2, 0.25) is 5.15 Å². The molecule has 1 N–H and O–H groups in total. The monoisotopic (exact) mass is 344 g/mol. The van der Waals surface area contributed by atoms with Crippen molar-refractivity contribution in [3.63, 3.8) is 0 Å². The molecule has 0 saturated carbocycles. The SMILES string of the molecule is C[C@H](NC(=O)c1cccc(Cl)n1)c1nc(-c2cccnc2)cs1. The smallest absolute Gasteiger partial charge is 0.270 e. The number of nitrogens with zero attached hydrogens (tertiary/aromatic N) is 3. The van der Waals surface area contributed by atoms with Crippen molar-refractivity contribution in [3.05, 3.63) is 64.0 Å². The lowest BCUT2D eigenvalue weighted by Crippen LogP contribution is -2.27. The van der Waals surface area contributed by atoms with Crippen molar-refractivity contribution in [2.24, 2.45) is 0 Å². The van der Waals surface area contributed by atoms with Crippen LogP contribution >= 0.6 is 22.9 Å². The first-order valence-electron chi connectivity index (χ1n) is 6.93. The van der Waals surface area contributed by atoms with Crippen molar-refractivity contribution in [3.8, 4) is 11.3 Å². The lowest BCUT2D eigenvalue weighted by molar-refractivity contribution is 0.0935. The van der Waals surface area contributed by atoms with Crippen molar-refractivity contribution >= 4 is 28.8 Å². The van der Waals surface area contributed by atoms with Gasteiger partial charge in [0.2, 0.25) is 0 Å². The Kier molecular flexibility index (Phi) is 4.64. The second kappa shape index (κ2) is 6.85. The molecular formula is C16H13ClN4OS. The number of carbonyl (C=O) groups is 1. The van der Waals surface area contributed by atoms with Crippen molar-refractivity contribution in [2.45, 2.75) is 13.0 Å². The van der Waals surface area contributed by atoms with Gasteiger partial charge in [-0.1, -0.05) is 17.7 Å². The third-order valence-electron chi connectivity index (χ3n) is 3.15. The van der Waals surface area contributed by atoms with Gasteiger partial charge in [-0.25, -0.2) is 9.97 Å². The van der Waals surface area contributed by atoms with Gasteiger partial charge in [-0.2, -0.15) is 0 Å². The molecule has 0 aliphatic rings. The van der Waals surface area contributed by atoms with Crippen molar-refractivity contribution in [2.75, 3.05) is 0 Å². The Morgan fingerprint density at radius 2 is 2.13 bits per heavy atom. The van der Waals surface area contributed by atoms with Crippen LogP contribution < -0.4 is 5.32 Å². The van der Waals surface area contributed by atoms with Crippen molar-refractivity contribution in [1.82, 2.24) is 20.3 Å². The second-order valence-electron chi connectivity index (χ2n) is 4.85. The number of thiazole rings is 1. The minimum absolute atomic E-state index is 0.223. The first kappa shape index (κ1) is 15.6. The molecule has 3 heterocycles. The molecule has 3 rings (SSSR count). The standard InChI is InChI=1S/C16H13ClN4OS/c1-10(19-15(22)12-5-2-6-14(17)20-12)16-21-13(9-23-16)11-4-3-7-18-8-11/h2-10H,1H3,(H,19,22)/t10-/m0/s1. The number of pyridine rings is 2. The molecule has 116 valence electrons. The van der Waals surface area contributed by atoms with Gasteiger partial charge >= 0.3 is 0 Å². The third kappa shape index (κ3) is 3.72. The molecule has 0 aliphatic heterocycles. The number of aromatic nitrogens is 3. The van der Waals surface area contributed by atoms with E-state index in [0.717, 1.165) is 16.3 Å². The first-order chi connectivity index (χ1) is 11.1. The fraction of sp³-hybridized carbons (Fsp3) is 0.125. The number of hydrogen-bond donors (Lipinski definition) is 1. The normalized spacial score (nSPS) is 11.9. The summed E-state index contributed by atoms with van der Waals surface area (Å²) in [6, 6.07) is 8.53. The molecule has 23 heavy (non-hydrogen) atoms. The Bertz CT molecular complexity index is 822. The molecule has 0 unspecified atom stereocenters. The summed E-state index contributed by atoms with van der Waals surface area (Å²) in [7, 11) is 0. The molecule has 1 atom stereocenters.